The van der Waals surface area contributed by atoms with Crippen molar-refractivity contribution in [1.82, 2.24) is 9.80 Å². The number of ketones is 6. The standard InChI is InChI=1S/C38H40N2O11.2Na/c1-37(2,3)50-35(47)39-15-13-19(18-39)29(41)27-30(42)22-11-9-20(16-24(22)32(27)44)49-21-10-12-23-25(17-21)33(45)28(31(23)43)34(46)26-8-7-14-40(26)36(48)51-38(4,5)6;;/h9-12,16-17,19,26-28H,7-8,13-15,18H2,1-6H3;;/t19-,26-,27?,28?;;/m1../s1. The Bertz CT molecular complexity index is 1910. The van der Waals surface area contributed by atoms with Gasteiger partial charge in [0, 0.05) is 107 Å². The summed E-state index contributed by atoms with van der Waals surface area (Å²) in [4.78, 5) is 108. The van der Waals surface area contributed by atoms with Gasteiger partial charge in [0.1, 0.15) is 34.5 Å². The first-order valence-corrected chi connectivity index (χ1v) is 17.0. The summed E-state index contributed by atoms with van der Waals surface area (Å²) in [6.45, 7) is 10.9. The topological polar surface area (TPSA) is 171 Å². The largest absolute Gasteiger partial charge is 0.457 e. The van der Waals surface area contributed by atoms with Crippen LogP contribution in [0.5, 0.6) is 11.5 Å². The van der Waals surface area contributed by atoms with Gasteiger partial charge in [-0.05, 0) is 97.2 Å². The van der Waals surface area contributed by atoms with Crippen molar-refractivity contribution in [1.29, 1.82) is 0 Å². The molecular weight excluding hydrogens is 706 g/mol. The number of hydrogen-bond donors (Lipinski definition) is 0. The van der Waals surface area contributed by atoms with E-state index in [9.17, 15) is 38.4 Å². The fraction of sp³-hybridized carbons (Fsp3) is 0.474. The molecule has 2 radical (unpaired) electrons. The van der Waals surface area contributed by atoms with E-state index in [0.717, 1.165) is 0 Å². The van der Waals surface area contributed by atoms with Crippen molar-refractivity contribution in [3.8, 4) is 11.5 Å². The molecular formula is C38H40N2Na2O11. The zero-order valence-corrected chi connectivity index (χ0v) is 35.4. The molecule has 4 aliphatic rings. The summed E-state index contributed by atoms with van der Waals surface area (Å²) in [6, 6.07) is 7.40. The molecule has 15 heteroatoms. The van der Waals surface area contributed by atoms with Gasteiger partial charge in [-0.2, -0.15) is 0 Å². The average Bonchev–Trinajstić information content (AvgIpc) is 3.82. The van der Waals surface area contributed by atoms with Gasteiger partial charge in [-0.15, -0.1) is 0 Å². The predicted molar refractivity (Wildman–Crippen MR) is 191 cm³/mol. The molecule has 2 amide bonds. The van der Waals surface area contributed by atoms with E-state index in [1.807, 2.05) is 0 Å². The van der Waals surface area contributed by atoms with Crippen LogP contribution < -0.4 is 4.74 Å². The maximum Gasteiger partial charge on any atom is 0.410 e. The van der Waals surface area contributed by atoms with Crippen LogP contribution in [-0.2, 0) is 19.1 Å². The first kappa shape index (κ1) is 42.5. The third-order valence-electron chi connectivity index (χ3n) is 9.35. The molecule has 0 spiro atoms. The molecule has 2 heterocycles. The molecule has 53 heavy (non-hydrogen) atoms. The number of rotatable bonds is 6. The van der Waals surface area contributed by atoms with Gasteiger partial charge in [0.2, 0.25) is 0 Å². The molecule has 2 fully saturated rings. The van der Waals surface area contributed by atoms with E-state index in [4.69, 9.17) is 14.2 Å². The smallest absolute Gasteiger partial charge is 0.410 e. The molecule has 0 saturated carbocycles. The van der Waals surface area contributed by atoms with Crippen molar-refractivity contribution in [3.63, 3.8) is 0 Å². The van der Waals surface area contributed by atoms with Gasteiger partial charge in [-0.3, -0.25) is 33.7 Å². The Kier molecular flexibility index (Phi) is 12.7. The fourth-order valence-electron chi connectivity index (χ4n) is 7.04. The van der Waals surface area contributed by atoms with Crippen LogP contribution in [0.4, 0.5) is 9.59 Å². The van der Waals surface area contributed by atoms with Gasteiger partial charge in [-0.1, -0.05) is 0 Å². The molecule has 0 aromatic heterocycles. The molecule has 4 atom stereocenters. The third kappa shape index (κ3) is 8.55. The first-order chi connectivity index (χ1) is 23.8. The number of carbonyl (C=O) groups excluding carboxylic acids is 8. The number of fused-ring (bicyclic) bond motifs is 2. The number of hydrogen-bond acceptors (Lipinski definition) is 11. The van der Waals surface area contributed by atoms with E-state index in [1.165, 1.54) is 46.2 Å². The van der Waals surface area contributed by atoms with Gasteiger partial charge in [0.15, 0.2) is 34.7 Å². The van der Waals surface area contributed by atoms with Crippen molar-refractivity contribution in [2.45, 2.75) is 78.0 Å². The number of likely N-dealkylation sites (tertiary alicyclic amines) is 2. The molecule has 2 unspecified atom stereocenters. The zero-order chi connectivity index (χ0) is 37.2. The monoisotopic (exact) mass is 746 g/mol. The molecule has 2 aromatic rings. The Morgan fingerprint density at radius 1 is 0.623 bits per heavy atom. The van der Waals surface area contributed by atoms with Crippen molar-refractivity contribution in [2.24, 2.45) is 17.8 Å². The van der Waals surface area contributed by atoms with E-state index in [-0.39, 0.29) is 113 Å². The summed E-state index contributed by atoms with van der Waals surface area (Å²) in [5, 5.41) is 0. The first-order valence-electron chi connectivity index (χ1n) is 17.0. The van der Waals surface area contributed by atoms with Crippen LogP contribution in [0, 0.1) is 17.8 Å². The maximum atomic E-state index is 13.6. The summed E-state index contributed by atoms with van der Waals surface area (Å²) >= 11 is 0. The minimum Gasteiger partial charge on any atom is -0.457 e. The number of Topliss-reactive ketones (excluding diaryl/α,β-unsaturated/α-hetero) is 6. The molecule has 2 saturated heterocycles. The normalized spacial score (nSPS) is 22.2. The van der Waals surface area contributed by atoms with Gasteiger partial charge in [0.05, 0.1) is 6.04 Å². The summed E-state index contributed by atoms with van der Waals surface area (Å²) in [6.07, 6.45) is -0.124. The van der Waals surface area contributed by atoms with Crippen LogP contribution in [0.3, 0.4) is 0 Å². The molecule has 0 bridgehead atoms. The summed E-state index contributed by atoms with van der Waals surface area (Å²) < 4.78 is 16.8. The summed E-state index contributed by atoms with van der Waals surface area (Å²) in [5.41, 5.74) is -1.36. The van der Waals surface area contributed by atoms with Crippen LogP contribution in [0.1, 0.15) is 102 Å². The Morgan fingerprint density at radius 2 is 1.09 bits per heavy atom. The summed E-state index contributed by atoms with van der Waals surface area (Å²) in [7, 11) is 0. The predicted octanol–water partition coefficient (Wildman–Crippen LogP) is 4.50. The van der Waals surface area contributed by atoms with Gasteiger partial charge in [0.25, 0.3) is 0 Å². The molecule has 2 aliphatic heterocycles. The second-order valence-corrected chi connectivity index (χ2v) is 15.4. The number of carbonyl (C=O) groups is 8. The zero-order valence-electron chi connectivity index (χ0n) is 31.4. The minimum atomic E-state index is -1.60. The van der Waals surface area contributed by atoms with E-state index in [2.05, 4.69) is 0 Å². The molecule has 2 aliphatic carbocycles. The van der Waals surface area contributed by atoms with E-state index >= 15 is 0 Å². The van der Waals surface area contributed by atoms with Crippen LogP contribution >= 0.6 is 0 Å². The Morgan fingerprint density at radius 3 is 1.60 bits per heavy atom. The molecule has 2 aromatic carbocycles. The second-order valence-electron chi connectivity index (χ2n) is 15.4. The molecule has 270 valence electrons. The molecule has 6 rings (SSSR count). The van der Waals surface area contributed by atoms with Crippen molar-refractivity contribution in [2.75, 3.05) is 19.6 Å². The van der Waals surface area contributed by atoms with Gasteiger partial charge >= 0.3 is 12.2 Å². The van der Waals surface area contributed by atoms with Crippen LogP contribution in [0.25, 0.3) is 0 Å². The maximum absolute atomic E-state index is 13.6. The number of ether oxygens (including phenoxy) is 3. The van der Waals surface area contributed by atoms with Gasteiger partial charge in [-0.25, -0.2) is 9.59 Å². The molecule has 0 N–H and O–H groups in total. The van der Waals surface area contributed by atoms with Crippen LogP contribution in [-0.4, -0.2) is 153 Å². The van der Waals surface area contributed by atoms with Gasteiger partial charge < -0.3 is 19.1 Å². The Hall–Kier alpha value is -3.20. The fourth-order valence-corrected chi connectivity index (χ4v) is 7.04. The number of amides is 2. The van der Waals surface area contributed by atoms with E-state index in [1.54, 1.807) is 41.5 Å². The Labute approximate surface area is 351 Å². The SMILES string of the molecule is CC(C)(C)OC(=O)N1CC[C@@H](C(=O)C2C(=O)c3ccc(Oc4ccc5c(c4)C(=O)C(C(=O)[C@H]4CCCN4C(=O)OC(C)(C)C)C5=O)cc3C2=O)C1.[Na].[Na]. The van der Waals surface area contributed by atoms with Crippen molar-refractivity contribution in [3.05, 3.63) is 58.7 Å². The minimum absolute atomic E-state index is 0. The van der Waals surface area contributed by atoms with Crippen LogP contribution in [0.2, 0.25) is 0 Å². The van der Waals surface area contributed by atoms with Crippen molar-refractivity contribution >= 4 is 106 Å². The quantitative estimate of drug-likeness (QED) is 0.301. The number of nitrogens with zero attached hydrogens (tertiary/aromatic N) is 2. The Balaban J connectivity index is 0.00000314. The second kappa shape index (κ2) is 15.9. The summed E-state index contributed by atoms with van der Waals surface area (Å²) in [5.74, 6) is -7.39. The van der Waals surface area contributed by atoms with Crippen molar-refractivity contribution < 1.29 is 52.6 Å². The van der Waals surface area contributed by atoms with E-state index in [0.29, 0.717) is 19.3 Å². The number of benzene rings is 2. The average molecular weight is 747 g/mol. The van der Waals surface area contributed by atoms with E-state index < -0.39 is 81.9 Å². The molecule has 13 nitrogen and oxygen atoms in total. The third-order valence-corrected chi connectivity index (χ3v) is 9.35. The van der Waals surface area contributed by atoms with Crippen LogP contribution in [0.15, 0.2) is 36.4 Å².